The van der Waals surface area contributed by atoms with Crippen molar-refractivity contribution >= 4 is 0 Å². The van der Waals surface area contributed by atoms with Gasteiger partial charge in [-0.15, -0.1) is 0 Å². The fourth-order valence-electron chi connectivity index (χ4n) is 1.77. The number of halogens is 3. The first-order chi connectivity index (χ1) is 8.01. The Morgan fingerprint density at radius 2 is 2.00 bits per heavy atom. The first-order valence-electron chi connectivity index (χ1n) is 6.00. The average molecular weight is 255 g/mol. The molecule has 0 amide bonds. The van der Waals surface area contributed by atoms with E-state index in [0.29, 0.717) is 25.1 Å². The zero-order valence-electron chi connectivity index (χ0n) is 10.1. The summed E-state index contributed by atoms with van der Waals surface area (Å²) in [6, 6.07) is 0.453. The number of nitrogens with one attached hydrogen (secondary N) is 1. The summed E-state index contributed by atoms with van der Waals surface area (Å²) in [7, 11) is 0. The first-order valence-corrected chi connectivity index (χ1v) is 6.00. The standard InChI is InChI=1S/C11H20F3NO2/c1-2-17-10-6-9(7-10)15-4-3-5-16-8-11(12,13)14/h9-10,15H,2-8H2,1H3. The summed E-state index contributed by atoms with van der Waals surface area (Å²) >= 11 is 0. The third kappa shape index (κ3) is 6.85. The largest absolute Gasteiger partial charge is 0.411 e. The van der Waals surface area contributed by atoms with E-state index in [1.165, 1.54) is 0 Å². The molecule has 1 N–H and O–H groups in total. The Balaban J connectivity index is 1.83. The quantitative estimate of drug-likeness (QED) is 0.674. The van der Waals surface area contributed by atoms with Crippen molar-refractivity contribution in [3.63, 3.8) is 0 Å². The van der Waals surface area contributed by atoms with Crippen LogP contribution in [0.4, 0.5) is 13.2 Å². The highest BCUT2D eigenvalue weighted by atomic mass is 19.4. The van der Waals surface area contributed by atoms with Gasteiger partial charge in [0.25, 0.3) is 0 Å². The third-order valence-electron chi connectivity index (χ3n) is 2.66. The monoisotopic (exact) mass is 255 g/mol. The van der Waals surface area contributed by atoms with Crippen molar-refractivity contribution in [1.82, 2.24) is 5.32 Å². The molecule has 3 nitrogen and oxygen atoms in total. The Labute approximate surface area is 99.7 Å². The molecule has 1 aliphatic rings. The van der Waals surface area contributed by atoms with Crippen molar-refractivity contribution < 1.29 is 22.6 Å². The van der Waals surface area contributed by atoms with Crippen molar-refractivity contribution in [3.8, 4) is 0 Å². The van der Waals surface area contributed by atoms with Crippen molar-refractivity contribution in [2.75, 3.05) is 26.4 Å². The van der Waals surface area contributed by atoms with Gasteiger partial charge in [0.2, 0.25) is 0 Å². The maximum absolute atomic E-state index is 11.7. The van der Waals surface area contributed by atoms with Crippen LogP contribution in [-0.4, -0.2) is 44.7 Å². The molecule has 0 aromatic rings. The van der Waals surface area contributed by atoms with E-state index >= 15 is 0 Å². The van der Waals surface area contributed by atoms with E-state index in [1.54, 1.807) is 0 Å². The van der Waals surface area contributed by atoms with Crippen LogP contribution in [0.3, 0.4) is 0 Å². The molecule has 1 fully saturated rings. The van der Waals surface area contributed by atoms with Crippen LogP contribution in [0.5, 0.6) is 0 Å². The van der Waals surface area contributed by atoms with Gasteiger partial charge in [0.05, 0.1) is 6.10 Å². The Bertz CT molecular complexity index is 205. The van der Waals surface area contributed by atoms with Crippen LogP contribution in [0.15, 0.2) is 0 Å². The lowest BCUT2D eigenvalue weighted by atomic mass is 9.89. The fraction of sp³-hybridized carbons (Fsp3) is 1.00. The zero-order chi connectivity index (χ0) is 12.7. The Morgan fingerprint density at radius 1 is 1.29 bits per heavy atom. The van der Waals surface area contributed by atoms with Crippen molar-refractivity contribution in [2.24, 2.45) is 0 Å². The lowest BCUT2D eigenvalue weighted by Gasteiger charge is -2.35. The van der Waals surface area contributed by atoms with Gasteiger partial charge in [-0.05, 0) is 32.7 Å². The van der Waals surface area contributed by atoms with E-state index in [2.05, 4.69) is 10.1 Å². The van der Waals surface area contributed by atoms with Crippen LogP contribution in [0.25, 0.3) is 0 Å². The van der Waals surface area contributed by atoms with Gasteiger partial charge in [-0.3, -0.25) is 0 Å². The molecule has 0 aliphatic heterocycles. The average Bonchev–Trinajstić information content (AvgIpc) is 2.17. The highest BCUT2D eigenvalue weighted by Crippen LogP contribution is 2.22. The Hall–Kier alpha value is -0.330. The summed E-state index contributed by atoms with van der Waals surface area (Å²) in [6.07, 6.45) is -1.26. The second-order valence-electron chi connectivity index (χ2n) is 4.22. The Morgan fingerprint density at radius 3 is 2.59 bits per heavy atom. The van der Waals surface area contributed by atoms with E-state index < -0.39 is 12.8 Å². The van der Waals surface area contributed by atoms with E-state index in [9.17, 15) is 13.2 Å². The normalized spacial score (nSPS) is 24.7. The minimum atomic E-state index is -4.22. The van der Waals surface area contributed by atoms with Crippen molar-refractivity contribution in [1.29, 1.82) is 0 Å². The molecule has 0 aromatic heterocycles. The summed E-state index contributed by atoms with van der Waals surface area (Å²) in [6.45, 7) is 2.40. The van der Waals surface area contributed by atoms with E-state index in [0.717, 1.165) is 19.4 Å². The number of hydrogen-bond donors (Lipinski definition) is 1. The SMILES string of the molecule is CCOC1CC(NCCCOCC(F)(F)F)C1. The highest BCUT2D eigenvalue weighted by molar-refractivity contribution is 4.85. The molecule has 102 valence electrons. The molecule has 1 rings (SSSR count). The number of rotatable bonds is 8. The molecule has 0 spiro atoms. The molecule has 0 heterocycles. The first kappa shape index (κ1) is 14.7. The lowest BCUT2D eigenvalue weighted by Crippen LogP contribution is -2.45. The zero-order valence-corrected chi connectivity index (χ0v) is 10.1. The van der Waals surface area contributed by atoms with Crippen LogP contribution >= 0.6 is 0 Å². The predicted molar refractivity (Wildman–Crippen MR) is 57.9 cm³/mol. The molecule has 17 heavy (non-hydrogen) atoms. The van der Waals surface area contributed by atoms with E-state index in [1.807, 2.05) is 6.92 Å². The van der Waals surface area contributed by atoms with Gasteiger partial charge in [0.15, 0.2) is 0 Å². The summed E-state index contributed by atoms with van der Waals surface area (Å²) in [5.41, 5.74) is 0. The molecule has 1 saturated carbocycles. The van der Waals surface area contributed by atoms with Gasteiger partial charge in [0, 0.05) is 19.3 Å². The predicted octanol–water partition coefficient (Wildman–Crippen LogP) is 2.11. The summed E-state index contributed by atoms with van der Waals surface area (Å²) in [5, 5.41) is 3.26. The van der Waals surface area contributed by atoms with Crippen LogP contribution in [0.1, 0.15) is 26.2 Å². The van der Waals surface area contributed by atoms with Gasteiger partial charge in [0.1, 0.15) is 6.61 Å². The molecule has 0 atom stereocenters. The van der Waals surface area contributed by atoms with Crippen LogP contribution in [0.2, 0.25) is 0 Å². The lowest BCUT2D eigenvalue weighted by molar-refractivity contribution is -0.174. The van der Waals surface area contributed by atoms with Gasteiger partial charge in [-0.25, -0.2) is 0 Å². The maximum Gasteiger partial charge on any atom is 0.411 e. The minimum absolute atomic E-state index is 0.147. The maximum atomic E-state index is 11.7. The van der Waals surface area contributed by atoms with E-state index in [-0.39, 0.29) is 6.61 Å². The molecule has 6 heteroatoms. The number of ether oxygens (including phenoxy) is 2. The number of hydrogen-bond acceptors (Lipinski definition) is 3. The van der Waals surface area contributed by atoms with E-state index in [4.69, 9.17) is 4.74 Å². The molecule has 0 bridgehead atoms. The Kier molecular flexibility index (Phi) is 6.22. The fourth-order valence-corrected chi connectivity index (χ4v) is 1.77. The minimum Gasteiger partial charge on any atom is -0.378 e. The summed E-state index contributed by atoms with van der Waals surface area (Å²) in [4.78, 5) is 0. The van der Waals surface area contributed by atoms with Gasteiger partial charge in [-0.1, -0.05) is 0 Å². The molecule has 0 unspecified atom stereocenters. The second-order valence-corrected chi connectivity index (χ2v) is 4.22. The smallest absolute Gasteiger partial charge is 0.378 e. The molecule has 0 aromatic carbocycles. The van der Waals surface area contributed by atoms with Gasteiger partial charge < -0.3 is 14.8 Å². The van der Waals surface area contributed by atoms with Crippen molar-refractivity contribution in [2.45, 2.75) is 44.5 Å². The number of alkyl halides is 3. The van der Waals surface area contributed by atoms with Crippen LogP contribution in [0, 0.1) is 0 Å². The third-order valence-corrected chi connectivity index (χ3v) is 2.66. The molecule has 1 aliphatic carbocycles. The molecular weight excluding hydrogens is 235 g/mol. The summed E-state index contributed by atoms with van der Waals surface area (Å²) in [5.74, 6) is 0. The molecule has 0 saturated heterocycles. The van der Waals surface area contributed by atoms with Crippen molar-refractivity contribution in [3.05, 3.63) is 0 Å². The molecule has 0 radical (unpaired) electrons. The topological polar surface area (TPSA) is 30.5 Å². The van der Waals surface area contributed by atoms with Crippen LogP contribution < -0.4 is 5.32 Å². The van der Waals surface area contributed by atoms with Gasteiger partial charge in [-0.2, -0.15) is 13.2 Å². The van der Waals surface area contributed by atoms with Crippen LogP contribution in [-0.2, 0) is 9.47 Å². The molecular formula is C11H20F3NO2. The second kappa shape index (κ2) is 7.18. The van der Waals surface area contributed by atoms with Gasteiger partial charge >= 0.3 is 6.18 Å². The summed E-state index contributed by atoms with van der Waals surface area (Å²) < 4.78 is 45.1. The highest BCUT2D eigenvalue weighted by Gasteiger charge is 2.29.